The molecule has 0 radical (unpaired) electrons. The number of thiocarbonyl (C=S) groups is 2. The van der Waals surface area contributed by atoms with Crippen LogP contribution in [0, 0.1) is 17.8 Å². The molecule has 0 bridgehead atoms. The largest absolute Gasteiger partial charge is 0.508 e. The molecule has 1 saturated carbocycles. The quantitative estimate of drug-likeness (QED) is 0.183. The van der Waals surface area contributed by atoms with E-state index in [0.717, 1.165) is 61.8 Å². The van der Waals surface area contributed by atoms with Gasteiger partial charge in [-0.05, 0) is 111 Å². The van der Waals surface area contributed by atoms with E-state index in [1.807, 2.05) is 12.1 Å². The number of hydrogen-bond donors (Lipinski definition) is 2. The number of aromatic hydroxyl groups is 1. The van der Waals surface area contributed by atoms with E-state index in [-0.39, 0.29) is 0 Å². The highest BCUT2D eigenvalue weighted by Crippen LogP contribution is 2.32. The van der Waals surface area contributed by atoms with Gasteiger partial charge in [-0.3, -0.25) is 4.90 Å². The van der Waals surface area contributed by atoms with Crippen LogP contribution in [0.5, 0.6) is 5.75 Å². The SMILES string of the molecule is CC(C)C[C@H]1CNC(=S)N1C[C@H]1CCCN1C[C@H](Cc1ccc(O)cc1)N1C[C@H](CC(C)C)N(CC2CCCCCC2)C1=S. The maximum atomic E-state index is 10.0. The van der Waals surface area contributed by atoms with Gasteiger partial charge in [0.25, 0.3) is 0 Å². The third kappa shape index (κ3) is 8.79. The van der Waals surface area contributed by atoms with E-state index >= 15 is 0 Å². The number of phenolic OH excluding ortho intramolecular Hbond substituents is 1. The number of likely N-dealkylation sites (tertiary alicyclic amines) is 1. The van der Waals surface area contributed by atoms with Crippen LogP contribution in [-0.2, 0) is 6.42 Å². The van der Waals surface area contributed by atoms with Crippen LogP contribution in [0.1, 0.15) is 97.5 Å². The van der Waals surface area contributed by atoms with Crippen LogP contribution in [0.2, 0.25) is 0 Å². The van der Waals surface area contributed by atoms with Crippen LogP contribution in [0.3, 0.4) is 0 Å². The summed E-state index contributed by atoms with van der Waals surface area (Å²) >= 11 is 12.2. The molecule has 1 aromatic carbocycles. The van der Waals surface area contributed by atoms with Gasteiger partial charge in [0.1, 0.15) is 5.75 Å². The summed E-state index contributed by atoms with van der Waals surface area (Å²) in [5, 5.41) is 15.5. The van der Waals surface area contributed by atoms with Gasteiger partial charge in [-0.25, -0.2) is 0 Å². The van der Waals surface area contributed by atoms with Crippen LogP contribution in [0.15, 0.2) is 24.3 Å². The number of nitrogens with one attached hydrogen (secondary N) is 1. The minimum atomic E-state index is 0.302. The fraction of sp³-hybridized carbons (Fsp3) is 0.778. The number of nitrogens with zero attached hydrogens (tertiary/aromatic N) is 4. The van der Waals surface area contributed by atoms with Gasteiger partial charge >= 0.3 is 0 Å². The van der Waals surface area contributed by atoms with Crippen LogP contribution < -0.4 is 5.32 Å². The van der Waals surface area contributed by atoms with Gasteiger partial charge in [-0.15, -0.1) is 0 Å². The Morgan fingerprint density at radius 3 is 2.18 bits per heavy atom. The summed E-state index contributed by atoms with van der Waals surface area (Å²) in [5.41, 5.74) is 1.27. The molecule has 0 aromatic heterocycles. The first-order chi connectivity index (χ1) is 21.2. The molecule has 3 aliphatic heterocycles. The van der Waals surface area contributed by atoms with E-state index in [2.05, 4.69) is 64.7 Å². The van der Waals surface area contributed by atoms with E-state index in [1.54, 1.807) is 0 Å². The van der Waals surface area contributed by atoms with Crippen molar-refractivity contribution in [1.29, 1.82) is 0 Å². The summed E-state index contributed by atoms with van der Waals surface area (Å²) in [6.45, 7) is 15.7. The van der Waals surface area contributed by atoms with Crippen molar-refractivity contribution in [2.45, 2.75) is 122 Å². The van der Waals surface area contributed by atoms with Crippen LogP contribution in [0.25, 0.3) is 0 Å². The lowest BCUT2D eigenvalue weighted by molar-refractivity contribution is 0.155. The summed E-state index contributed by atoms with van der Waals surface area (Å²) in [5.74, 6) is 2.41. The molecule has 1 aliphatic carbocycles. The number of benzene rings is 1. The highest BCUT2D eigenvalue weighted by atomic mass is 32.1. The predicted molar refractivity (Wildman–Crippen MR) is 191 cm³/mol. The zero-order valence-corrected chi connectivity index (χ0v) is 29.6. The molecule has 0 spiro atoms. The van der Waals surface area contributed by atoms with E-state index in [1.165, 1.54) is 69.8 Å². The lowest BCUT2D eigenvalue weighted by atomic mass is 9.97. The molecule has 0 unspecified atom stereocenters. The lowest BCUT2D eigenvalue weighted by Gasteiger charge is -2.37. The smallest absolute Gasteiger partial charge is 0.172 e. The molecular formula is C36H59N5OS2. The van der Waals surface area contributed by atoms with Gasteiger partial charge in [0.05, 0.1) is 0 Å². The molecule has 6 nitrogen and oxygen atoms in total. The van der Waals surface area contributed by atoms with Crippen LogP contribution in [0.4, 0.5) is 0 Å². The highest BCUT2D eigenvalue weighted by Gasteiger charge is 2.41. The fourth-order valence-electron chi connectivity index (χ4n) is 8.41. The first-order valence-electron chi connectivity index (χ1n) is 17.8. The standard InChI is InChI=1S/C36H59N5OS2/c1-26(2)18-31-21-37-35(43)39(31)24-30-12-9-17-38(30)23-33(20-28-13-15-34(42)16-14-28)41-25-32(19-27(3)4)40(36(41)44)22-29-10-7-5-6-8-11-29/h13-16,26-27,29-33,42H,5-12,17-25H2,1-4H3,(H,37,43)/t30-,31+,32+,33+/m1/s1. The average Bonchev–Trinajstić information content (AvgIpc) is 3.56. The number of hydrogen-bond acceptors (Lipinski definition) is 4. The Morgan fingerprint density at radius 2 is 1.50 bits per heavy atom. The van der Waals surface area contributed by atoms with Crippen molar-refractivity contribution in [3.05, 3.63) is 29.8 Å². The number of rotatable bonds is 13. The summed E-state index contributed by atoms with van der Waals surface area (Å²) in [7, 11) is 0. The molecule has 5 rings (SSSR count). The first-order valence-corrected chi connectivity index (χ1v) is 18.6. The van der Waals surface area contributed by atoms with Gasteiger partial charge in [0.2, 0.25) is 0 Å². The van der Waals surface area contributed by atoms with Gasteiger partial charge in [0, 0.05) is 56.9 Å². The summed E-state index contributed by atoms with van der Waals surface area (Å²) < 4.78 is 0. The third-order valence-corrected chi connectivity index (χ3v) is 11.5. The second-order valence-corrected chi connectivity index (χ2v) is 15.9. The Balaban J connectivity index is 1.35. The zero-order chi connectivity index (χ0) is 31.2. The summed E-state index contributed by atoms with van der Waals surface area (Å²) in [4.78, 5) is 10.5. The first kappa shape index (κ1) is 33.7. The van der Waals surface area contributed by atoms with Crippen molar-refractivity contribution < 1.29 is 5.11 Å². The zero-order valence-electron chi connectivity index (χ0n) is 27.9. The molecule has 2 N–H and O–H groups in total. The third-order valence-electron chi connectivity index (χ3n) is 10.6. The van der Waals surface area contributed by atoms with Crippen molar-refractivity contribution in [1.82, 2.24) is 24.9 Å². The monoisotopic (exact) mass is 641 g/mol. The Hall–Kier alpha value is -1.64. The van der Waals surface area contributed by atoms with E-state index in [4.69, 9.17) is 24.4 Å². The van der Waals surface area contributed by atoms with Crippen molar-refractivity contribution >= 4 is 34.7 Å². The maximum absolute atomic E-state index is 10.0. The minimum Gasteiger partial charge on any atom is -0.508 e. The predicted octanol–water partition coefficient (Wildman–Crippen LogP) is 6.66. The molecule has 3 saturated heterocycles. The molecule has 44 heavy (non-hydrogen) atoms. The van der Waals surface area contributed by atoms with E-state index in [0.29, 0.717) is 41.8 Å². The lowest BCUT2D eigenvalue weighted by Crippen LogP contribution is -2.51. The Kier molecular flexibility index (Phi) is 12.1. The van der Waals surface area contributed by atoms with E-state index < -0.39 is 0 Å². The average molecular weight is 642 g/mol. The maximum Gasteiger partial charge on any atom is 0.172 e. The Morgan fingerprint density at radius 1 is 0.818 bits per heavy atom. The Labute approximate surface area is 278 Å². The van der Waals surface area contributed by atoms with E-state index in [9.17, 15) is 5.11 Å². The van der Waals surface area contributed by atoms with Crippen molar-refractivity contribution in [2.24, 2.45) is 17.8 Å². The molecule has 4 atom stereocenters. The Bertz CT molecular complexity index is 1070. The normalized spacial score (nSPS) is 26.3. The topological polar surface area (TPSA) is 45.2 Å². The number of phenols is 1. The van der Waals surface area contributed by atoms with Crippen LogP contribution >= 0.6 is 24.4 Å². The van der Waals surface area contributed by atoms with Crippen LogP contribution in [-0.4, -0.2) is 98.4 Å². The van der Waals surface area contributed by atoms with Gasteiger partial charge < -0.3 is 25.1 Å². The van der Waals surface area contributed by atoms with Gasteiger partial charge in [0.15, 0.2) is 10.2 Å². The highest BCUT2D eigenvalue weighted by molar-refractivity contribution is 7.80. The molecule has 4 aliphatic rings. The molecule has 4 fully saturated rings. The van der Waals surface area contributed by atoms with Gasteiger partial charge in [-0.2, -0.15) is 0 Å². The van der Waals surface area contributed by atoms with Crippen molar-refractivity contribution in [2.75, 3.05) is 39.3 Å². The molecule has 246 valence electrons. The molecular weight excluding hydrogens is 583 g/mol. The fourth-order valence-corrected chi connectivity index (χ4v) is 9.17. The second-order valence-electron chi connectivity index (χ2n) is 15.2. The second kappa shape index (κ2) is 15.8. The summed E-state index contributed by atoms with van der Waals surface area (Å²) in [6.07, 6.45) is 14.0. The van der Waals surface area contributed by atoms with Crippen molar-refractivity contribution in [3.63, 3.8) is 0 Å². The molecule has 1 aromatic rings. The molecule has 0 amide bonds. The van der Waals surface area contributed by atoms with Gasteiger partial charge in [-0.1, -0.05) is 65.5 Å². The summed E-state index contributed by atoms with van der Waals surface area (Å²) in [6, 6.07) is 9.68. The minimum absolute atomic E-state index is 0.302. The molecule has 8 heteroatoms. The molecule has 3 heterocycles. The van der Waals surface area contributed by atoms with Crippen molar-refractivity contribution in [3.8, 4) is 5.75 Å².